The van der Waals surface area contributed by atoms with Crippen LogP contribution in [-0.4, -0.2) is 74.8 Å². The van der Waals surface area contributed by atoms with Gasteiger partial charge in [-0.15, -0.1) is 24.0 Å². The van der Waals surface area contributed by atoms with E-state index in [2.05, 4.69) is 21.8 Å². The molecule has 0 bridgehead atoms. The van der Waals surface area contributed by atoms with Gasteiger partial charge in [0.25, 0.3) is 0 Å². The number of halogens is 1. The second-order valence-electron chi connectivity index (χ2n) is 7.43. The first-order chi connectivity index (χ1) is 13.3. The first-order valence-electron chi connectivity index (χ1n) is 10.2. The summed E-state index contributed by atoms with van der Waals surface area (Å²) in [4.78, 5) is 7.35. The maximum atomic E-state index is 5.51. The number of likely N-dealkylation sites (tertiary alicyclic amines) is 1. The number of guanidine groups is 1. The molecule has 1 unspecified atom stereocenters. The molecule has 0 aromatic carbocycles. The van der Waals surface area contributed by atoms with Crippen molar-refractivity contribution >= 4 is 41.7 Å². The predicted octanol–water partition coefficient (Wildman–Crippen LogP) is 2.84. The van der Waals surface area contributed by atoms with Crippen LogP contribution in [0.25, 0.3) is 0 Å². The minimum atomic E-state index is 0. The van der Waals surface area contributed by atoms with Crippen LogP contribution in [0.5, 0.6) is 0 Å². The van der Waals surface area contributed by atoms with Crippen LogP contribution in [0.1, 0.15) is 25.0 Å². The van der Waals surface area contributed by atoms with Gasteiger partial charge in [-0.05, 0) is 43.6 Å². The van der Waals surface area contributed by atoms with Crippen molar-refractivity contribution in [3.63, 3.8) is 0 Å². The van der Waals surface area contributed by atoms with Crippen molar-refractivity contribution < 1.29 is 9.15 Å². The molecule has 1 atom stereocenters. The van der Waals surface area contributed by atoms with Gasteiger partial charge in [-0.3, -0.25) is 4.99 Å². The molecule has 2 saturated heterocycles. The van der Waals surface area contributed by atoms with E-state index in [-0.39, 0.29) is 24.0 Å². The zero-order chi connectivity index (χ0) is 18.7. The fraction of sp³-hybridized carbons (Fsp3) is 0.750. The smallest absolute Gasteiger partial charge is 0.191 e. The SMILES string of the molecule is CSCCN=C(NCCc1ccco1)NC1CCN(CC2CCOC2)CC1.I. The van der Waals surface area contributed by atoms with Gasteiger partial charge in [-0.1, -0.05) is 0 Å². The Hall–Kier alpha value is -0.450. The number of hydrogen-bond acceptors (Lipinski definition) is 5. The van der Waals surface area contributed by atoms with Crippen LogP contribution in [0.2, 0.25) is 0 Å². The minimum Gasteiger partial charge on any atom is -0.469 e. The first kappa shape index (κ1) is 23.8. The van der Waals surface area contributed by atoms with Crippen LogP contribution in [0.15, 0.2) is 27.8 Å². The van der Waals surface area contributed by atoms with E-state index >= 15 is 0 Å². The molecule has 3 rings (SSSR count). The topological polar surface area (TPSA) is 62.0 Å². The molecular formula is C20H35IN4O2S. The number of aliphatic imine (C=N–C) groups is 1. The third kappa shape index (κ3) is 8.51. The van der Waals surface area contributed by atoms with Crippen molar-refractivity contribution in [3.05, 3.63) is 24.2 Å². The van der Waals surface area contributed by atoms with Gasteiger partial charge in [0.05, 0.1) is 19.4 Å². The van der Waals surface area contributed by atoms with E-state index in [0.717, 1.165) is 56.1 Å². The van der Waals surface area contributed by atoms with Crippen LogP contribution in [0.3, 0.4) is 0 Å². The van der Waals surface area contributed by atoms with Gasteiger partial charge in [0.1, 0.15) is 5.76 Å². The highest BCUT2D eigenvalue weighted by Gasteiger charge is 2.24. The van der Waals surface area contributed by atoms with Crippen molar-refractivity contribution in [1.29, 1.82) is 0 Å². The lowest BCUT2D eigenvalue weighted by atomic mass is 10.0. The number of thioether (sulfide) groups is 1. The Labute approximate surface area is 190 Å². The molecule has 0 radical (unpaired) electrons. The lowest BCUT2D eigenvalue weighted by Gasteiger charge is -2.34. The van der Waals surface area contributed by atoms with E-state index in [4.69, 9.17) is 14.1 Å². The monoisotopic (exact) mass is 522 g/mol. The van der Waals surface area contributed by atoms with Crippen molar-refractivity contribution in [2.75, 3.05) is 57.9 Å². The number of hydrogen-bond donors (Lipinski definition) is 2. The molecule has 0 spiro atoms. The Balaban J connectivity index is 0.00000280. The van der Waals surface area contributed by atoms with Crippen LogP contribution >= 0.6 is 35.7 Å². The Morgan fingerprint density at radius 1 is 1.32 bits per heavy atom. The summed E-state index contributed by atoms with van der Waals surface area (Å²) in [7, 11) is 0. The molecule has 3 heterocycles. The highest BCUT2D eigenvalue weighted by molar-refractivity contribution is 14.0. The zero-order valence-electron chi connectivity index (χ0n) is 16.9. The summed E-state index contributed by atoms with van der Waals surface area (Å²) >= 11 is 1.83. The predicted molar refractivity (Wildman–Crippen MR) is 128 cm³/mol. The van der Waals surface area contributed by atoms with Crippen LogP contribution in [0.4, 0.5) is 0 Å². The van der Waals surface area contributed by atoms with E-state index in [9.17, 15) is 0 Å². The summed E-state index contributed by atoms with van der Waals surface area (Å²) in [6, 6.07) is 4.46. The molecule has 2 N–H and O–H groups in total. The summed E-state index contributed by atoms with van der Waals surface area (Å²) in [6.07, 6.45) is 8.30. The fourth-order valence-electron chi connectivity index (χ4n) is 3.71. The van der Waals surface area contributed by atoms with Crippen molar-refractivity contribution in [1.82, 2.24) is 15.5 Å². The fourth-order valence-corrected chi connectivity index (χ4v) is 3.98. The lowest BCUT2D eigenvalue weighted by molar-refractivity contribution is 0.150. The molecular weight excluding hydrogens is 487 g/mol. The van der Waals surface area contributed by atoms with Gasteiger partial charge < -0.3 is 24.7 Å². The van der Waals surface area contributed by atoms with E-state index in [0.29, 0.717) is 6.04 Å². The molecule has 1 aromatic heterocycles. The van der Waals surface area contributed by atoms with Crippen molar-refractivity contribution in [3.8, 4) is 0 Å². The Kier molecular flexibility index (Phi) is 11.7. The van der Waals surface area contributed by atoms with Crippen molar-refractivity contribution in [2.45, 2.75) is 31.7 Å². The number of ether oxygens (including phenoxy) is 1. The van der Waals surface area contributed by atoms with Gasteiger partial charge in [-0.2, -0.15) is 11.8 Å². The van der Waals surface area contributed by atoms with E-state index < -0.39 is 0 Å². The third-order valence-corrected chi connectivity index (χ3v) is 5.87. The maximum Gasteiger partial charge on any atom is 0.191 e. The van der Waals surface area contributed by atoms with Gasteiger partial charge in [0.2, 0.25) is 0 Å². The second kappa shape index (κ2) is 13.7. The molecule has 8 heteroatoms. The molecule has 0 saturated carbocycles. The Morgan fingerprint density at radius 2 is 2.18 bits per heavy atom. The number of furan rings is 1. The molecule has 160 valence electrons. The van der Waals surface area contributed by atoms with Crippen LogP contribution in [-0.2, 0) is 11.2 Å². The minimum absolute atomic E-state index is 0. The molecule has 2 fully saturated rings. The van der Waals surface area contributed by atoms with Crippen LogP contribution in [0, 0.1) is 5.92 Å². The quantitative estimate of drug-likeness (QED) is 0.225. The maximum absolute atomic E-state index is 5.51. The molecule has 2 aliphatic heterocycles. The first-order valence-corrected chi connectivity index (χ1v) is 11.6. The normalized spacial score (nSPS) is 21.5. The van der Waals surface area contributed by atoms with Crippen molar-refractivity contribution in [2.24, 2.45) is 10.9 Å². The standard InChI is InChI=1S/C20H34N4O2S.HI/c1-27-14-9-22-20(21-8-4-19-3-2-12-26-19)23-18-5-10-24(11-6-18)15-17-7-13-25-16-17;/h2-3,12,17-18H,4-11,13-16H2,1H3,(H2,21,22,23);1H. The van der Waals surface area contributed by atoms with E-state index in [1.807, 2.05) is 23.9 Å². The second-order valence-corrected chi connectivity index (χ2v) is 8.41. The Bertz CT molecular complexity index is 544. The number of nitrogens with zero attached hydrogens (tertiary/aromatic N) is 2. The van der Waals surface area contributed by atoms with Crippen LogP contribution < -0.4 is 10.6 Å². The molecule has 0 amide bonds. The molecule has 1 aromatic rings. The average Bonchev–Trinajstić information content (AvgIpc) is 3.37. The largest absolute Gasteiger partial charge is 0.469 e. The van der Waals surface area contributed by atoms with Gasteiger partial charge in [0.15, 0.2) is 5.96 Å². The zero-order valence-corrected chi connectivity index (χ0v) is 20.0. The molecule has 28 heavy (non-hydrogen) atoms. The van der Waals surface area contributed by atoms with E-state index in [1.165, 1.54) is 38.9 Å². The number of nitrogens with one attached hydrogen (secondary N) is 2. The summed E-state index contributed by atoms with van der Waals surface area (Å²) in [6.45, 7) is 7.10. The summed E-state index contributed by atoms with van der Waals surface area (Å²) < 4.78 is 10.9. The highest BCUT2D eigenvalue weighted by Crippen LogP contribution is 2.17. The van der Waals surface area contributed by atoms with Gasteiger partial charge in [-0.25, -0.2) is 0 Å². The van der Waals surface area contributed by atoms with Gasteiger partial charge >= 0.3 is 0 Å². The molecule has 2 aliphatic rings. The average molecular weight is 522 g/mol. The molecule has 6 nitrogen and oxygen atoms in total. The van der Waals surface area contributed by atoms with Gasteiger partial charge in [0, 0.05) is 51.0 Å². The number of piperidine rings is 1. The summed E-state index contributed by atoms with van der Waals surface area (Å²) in [5.41, 5.74) is 0. The summed E-state index contributed by atoms with van der Waals surface area (Å²) in [5, 5.41) is 7.13. The summed E-state index contributed by atoms with van der Waals surface area (Å²) in [5.74, 6) is 3.74. The third-order valence-electron chi connectivity index (χ3n) is 5.28. The molecule has 0 aliphatic carbocycles. The lowest BCUT2D eigenvalue weighted by Crippen LogP contribution is -2.49. The highest BCUT2D eigenvalue weighted by atomic mass is 127. The van der Waals surface area contributed by atoms with E-state index in [1.54, 1.807) is 6.26 Å². The number of rotatable bonds is 9. The Morgan fingerprint density at radius 3 is 2.86 bits per heavy atom.